The fraction of sp³-hybridized carbons (Fsp3) is 0.857. The Morgan fingerprint density at radius 1 is 1.64 bits per heavy atom. The first-order chi connectivity index (χ1) is 5.27. The van der Waals surface area contributed by atoms with Gasteiger partial charge in [-0.1, -0.05) is 0 Å². The molecular formula is C7H13N3O. The van der Waals surface area contributed by atoms with E-state index in [1.807, 2.05) is 0 Å². The van der Waals surface area contributed by atoms with E-state index in [1.165, 1.54) is 0 Å². The number of carbonyl (C=O) groups excluding carboxylic acids is 1. The second-order valence-corrected chi connectivity index (χ2v) is 3.40. The van der Waals surface area contributed by atoms with Gasteiger partial charge in [0.2, 0.25) is 5.91 Å². The van der Waals surface area contributed by atoms with Gasteiger partial charge < -0.3 is 4.90 Å². The van der Waals surface area contributed by atoms with Gasteiger partial charge in [-0.2, -0.15) is 0 Å². The Bertz CT molecular complexity index is 183. The van der Waals surface area contributed by atoms with E-state index in [-0.39, 0.29) is 11.8 Å². The summed E-state index contributed by atoms with van der Waals surface area (Å²) in [6, 6.07) is 0.334. The zero-order valence-electron chi connectivity index (χ0n) is 6.63. The van der Waals surface area contributed by atoms with Crippen molar-refractivity contribution in [2.75, 3.05) is 20.1 Å². The van der Waals surface area contributed by atoms with Crippen molar-refractivity contribution in [2.45, 2.75) is 12.5 Å². The van der Waals surface area contributed by atoms with E-state index in [1.54, 1.807) is 0 Å². The molecule has 0 aromatic heterocycles. The number of amides is 1. The number of piperidine rings is 1. The van der Waals surface area contributed by atoms with E-state index in [4.69, 9.17) is 0 Å². The average molecular weight is 155 g/mol. The minimum atomic E-state index is 0.170. The molecule has 2 fully saturated rings. The maximum Gasteiger partial charge on any atom is 0.238 e. The highest BCUT2D eigenvalue weighted by molar-refractivity contribution is 5.81. The molecule has 2 rings (SSSR count). The summed E-state index contributed by atoms with van der Waals surface area (Å²) in [7, 11) is 2.08. The molecule has 0 radical (unpaired) electrons. The molecule has 4 heteroatoms. The third-order valence-electron chi connectivity index (χ3n) is 2.53. The fourth-order valence-electron chi connectivity index (χ4n) is 1.83. The largest absolute Gasteiger partial charge is 0.305 e. The molecule has 11 heavy (non-hydrogen) atoms. The van der Waals surface area contributed by atoms with Crippen LogP contribution in [0.1, 0.15) is 6.42 Å². The molecule has 62 valence electrons. The molecule has 2 saturated heterocycles. The monoisotopic (exact) mass is 155 g/mol. The number of rotatable bonds is 0. The molecule has 1 amide bonds. The number of hydrogen-bond donors (Lipinski definition) is 2. The number of nitrogens with one attached hydrogen (secondary N) is 2. The van der Waals surface area contributed by atoms with E-state index in [0.717, 1.165) is 19.5 Å². The van der Waals surface area contributed by atoms with Crippen LogP contribution in [0, 0.1) is 5.92 Å². The summed E-state index contributed by atoms with van der Waals surface area (Å²) >= 11 is 0. The van der Waals surface area contributed by atoms with Crippen molar-refractivity contribution in [3.8, 4) is 0 Å². The van der Waals surface area contributed by atoms with Crippen LogP contribution < -0.4 is 10.9 Å². The molecule has 0 aliphatic carbocycles. The molecule has 0 spiro atoms. The maximum absolute atomic E-state index is 11.1. The second kappa shape index (κ2) is 2.46. The summed E-state index contributed by atoms with van der Waals surface area (Å²) in [6.07, 6.45) is 0.986. The minimum absolute atomic E-state index is 0.170. The van der Waals surface area contributed by atoms with Gasteiger partial charge in [-0.3, -0.25) is 10.2 Å². The molecule has 2 N–H and O–H groups in total. The fourth-order valence-corrected chi connectivity index (χ4v) is 1.83. The Morgan fingerprint density at radius 2 is 2.45 bits per heavy atom. The van der Waals surface area contributed by atoms with E-state index < -0.39 is 0 Å². The van der Waals surface area contributed by atoms with Crippen molar-refractivity contribution in [1.29, 1.82) is 0 Å². The quantitative estimate of drug-likeness (QED) is 0.469. The summed E-state index contributed by atoms with van der Waals surface area (Å²) < 4.78 is 0. The first-order valence-electron chi connectivity index (χ1n) is 4.01. The van der Waals surface area contributed by atoms with Gasteiger partial charge >= 0.3 is 0 Å². The number of likely N-dealkylation sites (N-methyl/N-ethyl adjacent to an activating group) is 1. The average Bonchev–Trinajstić information content (AvgIpc) is 2.32. The lowest BCUT2D eigenvalue weighted by Crippen LogP contribution is -2.45. The third kappa shape index (κ3) is 1.12. The molecule has 4 nitrogen and oxygen atoms in total. The standard InChI is InChI=1S/C7H13N3O/c1-10-3-2-5-6(4-10)8-9-7(5)11/h5-6,8H,2-4H2,1H3,(H,9,11). The Kier molecular flexibility index (Phi) is 1.58. The maximum atomic E-state index is 11.1. The van der Waals surface area contributed by atoms with Gasteiger partial charge in [-0.15, -0.1) is 0 Å². The number of hydrazine groups is 1. The number of likely N-dealkylation sites (tertiary alicyclic amines) is 1. The first-order valence-corrected chi connectivity index (χ1v) is 4.01. The molecule has 0 aromatic rings. The molecule has 2 unspecified atom stereocenters. The summed E-state index contributed by atoms with van der Waals surface area (Å²) in [4.78, 5) is 13.4. The van der Waals surface area contributed by atoms with Crippen molar-refractivity contribution < 1.29 is 4.79 Å². The van der Waals surface area contributed by atoms with Crippen LogP contribution in [0.4, 0.5) is 0 Å². The lowest BCUT2D eigenvalue weighted by Gasteiger charge is -2.29. The SMILES string of the molecule is CN1CCC2C(=O)NNC2C1. The van der Waals surface area contributed by atoms with Crippen molar-refractivity contribution in [1.82, 2.24) is 15.8 Å². The van der Waals surface area contributed by atoms with Gasteiger partial charge in [0.15, 0.2) is 0 Å². The van der Waals surface area contributed by atoms with Gasteiger partial charge in [0, 0.05) is 6.54 Å². The Hall–Kier alpha value is -0.610. The van der Waals surface area contributed by atoms with Crippen LogP contribution in [-0.4, -0.2) is 37.0 Å². The Morgan fingerprint density at radius 3 is 3.27 bits per heavy atom. The van der Waals surface area contributed by atoms with Gasteiger partial charge in [-0.05, 0) is 20.0 Å². The van der Waals surface area contributed by atoms with E-state index in [9.17, 15) is 4.79 Å². The molecular weight excluding hydrogens is 142 g/mol. The highest BCUT2D eigenvalue weighted by atomic mass is 16.2. The Balaban J connectivity index is 2.06. The van der Waals surface area contributed by atoms with Crippen molar-refractivity contribution in [3.05, 3.63) is 0 Å². The van der Waals surface area contributed by atoms with E-state index >= 15 is 0 Å². The number of nitrogens with zero attached hydrogens (tertiary/aromatic N) is 1. The van der Waals surface area contributed by atoms with Crippen LogP contribution in [0.15, 0.2) is 0 Å². The van der Waals surface area contributed by atoms with Gasteiger partial charge in [0.05, 0.1) is 12.0 Å². The van der Waals surface area contributed by atoms with Gasteiger partial charge in [-0.25, -0.2) is 5.43 Å². The van der Waals surface area contributed by atoms with E-state index in [2.05, 4.69) is 22.8 Å². The lowest BCUT2D eigenvalue weighted by atomic mass is 9.93. The van der Waals surface area contributed by atoms with Crippen LogP contribution in [0.25, 0.3) is 0 Å². The van der Waals surface area contributed by atoms with Gasteiger partial charge in [0.1, 0.15) is 0 Å². The Labute approximate surface area is 65.9 Å². The van der Waals surface area contributed by atoms with Crippen LogP contribution in [-0.2, 0) is 4.79 Å². The molecule has 2 aliphatic rings. The van der Waals surface area contributed by atoms with Crippen LogP contribution >= 0.6 is 0 Å². The zero-order chi connectivity index (χ0) is 7.84. The predicted octanol–water partition coefficient (Wildman–Crippen LogP) is -1.06. The molecule has 2 heterocycles. The smallest absolute Gasteiger partial charge is 0.238 e. The molecule has 2 atom stereocenters. The predicted molar refractivity (Wildman–Crippen MR) is 40.7 cm³/mol. The van der Waals surface area contributed by atoms with Crippen molar-refractivity contribution in [3.63, 3.8) is 0 Å². The van der Waals surface area contributed by atoms with Gasteiger partial charge in [0.25, 0.3) is 0 Å². The number of hydrogen-bond acceptors (Lipinski definition) is 3. The third-order valence-corrected chi connectivity index (χ3v) is 2.53. The zero-order valence-corrected chi connectivity index (χ0v) is 6.63. The first kappa shape index (κ1) is 7.06. The van der Waals surface area contributed by atoms with E-state index in [0.29, 0.717) is 6.04 Å². The van der Waals surface area contributed by atoms with Crippen LogP contribution in [0.5, 0.6) is 0 Å². The van der Waals surface area contributed by atoms with Crippen LogP contribution in [0.3, 0.4) is 0 Å². The second-order valence-electron chi connectivity index (χ2n) is 3.40. The summed E-state index contributed by atoms with van der Waals surface area (Å²) in [6.45, 7) is 2.01. The molecule has 0 aromatic carbocycles. The highest BCUT2D eigenvalue weighted by Crippen LogP contribution is 2.19. The van der Waals surface area contributed by atoms with Crippen molar-refractivity contribution in [2.24, 2.45) is 5.92 Å². The topological polar surface area (TPSA) is 44.4 Å². The molecule has 0 bridgehead atoms. The minimum Gasteiger partial charge on any atom is -0.305 e. The highest BCUT2D eigenvalue weighted by Gasteiger charge is 2.37. The normalized spacial score (nSPS) is 38.5. The van der Waals surface area contributed by atoms with Crippen LogP contribution in [0.2, 0.25) is 0 Å². The summed E-state index contributed by atoms with van der Waals surface area (Å²) in [5.74, 6) is 0.384. The lowest BCUT2D eigenvalue weighted by molar-refractivity contribution is -0.123. The molecule has 2 aliphatic heterocycles. The summed E-state index contributed by atoms with van der Waals surface area (Å²) in [5.41, 5.74) is 5.66. The van der Waals surface area contributed by atoms with Crippen molar-refractivity contribution >= 4 is 5.91 Å². The number of carbonyl (C=O) groups is 1. The number of fused-ring (bicyclic) bond motifs is 1. The molecule has 0 saturated carbocycles. The summed E-state index contributed by atoms with van der Waals surface area (Å²) in [5, 5.41) is 0.